The first kappa shape index (κ1) is 25.2. The van der Waals surface area contributed by atoms with Crippen molar-refractivity contribution in [3.8, 4) is 0 Å². The number of halogens is 3. The van der Waals surface area contributed by atoms with E-state index in [9.17, 15) is 18.3 Å². The number of alkyl halides is 3. The maximum Gasteiger partial charge on any atom is 0.424 e. The van der Waals surface area contributed by atoms with Crippen molar-refractivity contribution in [2.75, 3.05) is 26.2 Å². The van der Waals surface area contributed by atoms with E-state index in [0.29, 0.717) is 31.1 Å². The number of hydrogen-bond donors (Lipinski definition) is 3. The zero-order valence-electron chi connectivity index (χ0n) is 18.2. The van der Waals surface area contributed by atoms with Gasteiger partial charge in [0.05, 0.1) is 0 Å². The minimum atomic E-state index is -4.86. The topological polar surface area (TPSA) is 77.7 Å². The van der Waals surface area contributed by atoms with Crippen molar-refractivity contribution in [1.29, 1.82) is 0 Å². The number of nitrogens with zero attached hydrogens (tertiary/aromatic N) is 4. The summed E-state index contributed by atoms with van der Waals surface area (Å²) in [4.78, 5) is 10.2. The molecule has 1 unspecified atom stereocenters. The Hall–Kier alpha value is -1.81. The number of aliphatic imine (C=N–C) groups is 1. The van der Waals surface area contributed by atoms with Crippen LogP contribution in [0.4, 0.5) is 13.2 Å². The van der Waals surface area contributed by atoms with Gasteiger partial charge < -0.3 is 20.3 Å². The van der Waals surface area contributed by atoms with E-state index in [0.717, 1.165) is 6.54 Å². The molecule has 0 aliphatic heterocycles. The van der Waals surface area contributed by atoms with Crippen LogP contribution >= 0.6 is 0 Å². The smallest absolute Gasteiger partial charge is 0.374 e. The first-order valence-corrected chi connectivity index (χ1v) is 9.98. The molecule has 1 aromatic rings. The minimum absolute atomic E-state index is 0.212. The average Bonchev–Trinajstić information content (AvgIpc) is 3.03. The lowest BCUT2D eigenvalue weighted by Gasteiger charge is -2.31. The number of imidazole rings is 1. The summed E-state index contributed by atoms with van der Waals surface area (Å²) in [6.07, 6.45) is -2.88. The van der Waals surface area contributed by atoms with Crippen molar-refractivity contribution in [3.05, 3.63) is 18.2 Å². The SMILES string of the molecule is CCNC(=NCCC(O)(c1nccn1C)C(F)(F)F)NCCN(C(C)C)C(C)C. The van der Waals surface area contributed by atoms with Crippen molar-refractivity contribution in [1.82, 2.24) is 25.1 Å². The van der Waals surface area contributed by atoms with E-state index in [1.807, 2.05) is 6.92 Å². The number of aliphatic hydroxyl groups is 1. The summed E-state index contributed by atoms with van der Waals surface area (Å²) in [7, 11) is 1.42. The lowest BCUT2D eigenvalue weighted by atomic mass is 9.98. The third kappa shape index (κ3) is 6.88. The van der Waals surface area contributed by atoms with Crippen LogP contribution in [0.2, 0.25) is 0 Å². The Morgan fingerprint density at radius 1 is 1.24 bits per heavy atom. The molecule has 0 saturated heterocycles. The quantitative estimate of drug-likeness (QED) is 0.400. The van der Waals surface area contributed by atoms with Gasteiger partial charge in [0.15, 0.2) is 5.96 Å². The van der Waals surface area contributed by atoms with Crippen molar-refractivity contribution >= 4 is 5.96 Å². The summed E-state index contributed by atoms with van der Waals surface area (Å²) in [6.45, 7) is 12.1. The van der Waals surface area contributed by atoms with Crippen LogP contribution in [-0.4, -0.2) is 70.0 Å². The second-order valence-corrected chi connectivity index (χ2v) is 7.58. The zero-order chi connectivity index (χ0) is 22.2. The maximum absolute atomic E-state index is 13.6. The lowest BCUT2D eigenvalue weighted by Crippen LogP contribution is -2.46. The summed E-state index contributed by atoms with van der Waals surface area (Å²) < 4.78 is 41.9. The van der Waals surface area contributed by atoms with Crippen LogP contribution in [0.3, 0.4) is 0 Å². The molecule has 10 heteroatoms. The monoisotopic (exact) mass is 420 g/mol. The Morgan fingerprint density at radius 2 is 1.86 bits per heavy atom. The average molecular weight is 421 g/mol. The van der Waals surface area contributed by atoms with Crippen molar-refractivity contribution in [2.24, 2.45) is 12.0 Å². The largest absolute Gasteiger partial charge is 0.424 e. The van der Waals surface area contributed by atoms with Crippen LogP contribution in [0.25, 0.3) is 0 Å². The summed E-state index contributed by atoms with van der Waals surface area (Å²) >= 11 is 0. The fraction of sp³-hybridized carbons (Fsp3) is 0.789. The molecular weight excluding hydrogens is 385 g/mol. The maximum atomic E-state index is 13.6. The van der Waals surface area contributed by atoms with Crippen molar-refractivity contribution < 1.29 is 18.3 Å². The molecule has 0 spiro atoms. The van der Waals surface area contributed by atoms with E-state index in [1.54, 1.807) is 0 Å². The molecule has 0 aliphatic carbocycles. The van der Waals surface area contributed by atoms with Crippen LogP contribution in [0.5, 0.6) is 0 Å². The molecule has 1 aromatic heterocycles. The Bertz CT molecular complexity index is 636. The molecule has 0 aromatic carbocycles. The third-order valence-electron chi connectivity index (χ3n) is 4.74. The van der Waals surface area contributed by atoms with Gasteiger partial charge in [0.1, 0.15) is 5.82 Å². The summed E-state index contributed by atoms with van der Waals surface area (Å²) in [5.41, 5.74) is -3.06. The van der Waals surface area contributed by atoms with Gasteiger partial charge in [-0.15, -0.1) is 0 Å². The molecule has 168 valence electrons. The molecule has 0 saturated carbocycles. The van der Waals surface area contributed by atoms with Crippen LogP contribution in [0.15, 0.2) is 17.4 Å². The van der Waals surface area contributed by atoms with Gasteiger partial charge in [0.25, 0.3) is 0 Å². The molecular formula is C19H35F3N6O. The molecule has 0 radical (unpaired) electrons. The number of aromatic nitrogens is 2. The van der Waals surface area contributed by atoms with Crippen LogP contribution in [0, 0.1) is 0 Å². The standard InChI is InChI=1S/C19H35F3N6O/c1-7-23-17(26-11-13-28(14(2)3)15(4)5)25-9-8-18(29,19(20,21)22)16-24-10-12-27(16)6/h10,12,14-15,29H,7-9,11,13H2,1-6H3,(H2,23,25,26). The highest BCUT2D eigenvalue weighted by molar-refractivity contribution is 5.79. The van der Waals surface area contributed by atoms with Gasteiger partial charge >= 0.3 is 6.18 Å². The molecule has 1 atom stereocenters. The van der Waals surface area contributed by atoms with E-state index < -0.39 is 24.0 Å². The van der Waals surface area contributed by atoms with Crippen LogP contribution in [-0.2, 0) is 12.6 Å². The Kier molecular flexibility index (Phi) is 9.41. The molecule has 0 aliphatic rings. The van der Waals surface area contributed by atoms with E-state index in [-0.39, 0.29) is 6.54 Å². The molecule has 29 heavy (non-hydrogen) atoms. The second-order valence-electron chi connectivity index (χ2n) is 7.58. The van der Waals surface area contributed by atoms with Gasteiger partial charge in [-0.25, -0.2) is 4.98 Å². The number of guanidine groups is 1. The normalized spacial score (nSPS) is 15.3. The highest BCUT2D eigenvalue weighted by Crippen LogP contribution is 2.40. The molecule has 0 bridgehead atoms. The predicted octanol–water partition coefficient (Wildman–Crippen LogP) is 2.23. The summed E-state index contributed by atoms with van der Waals surface area (Å²) in [6, 6.07) is 0.770. The van der Waals surface area contributed by atoms with Gasteiger partial charge in [-0.1, -0.05) is 0 Å². The highest BCUT2D eigenvalue weighted by Gasteiger charge is 2.57. The summed E-state index contributed by atoms with van der Waals surface area (Å²) in [5.74, 6) is -0.0213. The highest BCUT2D eigenvalue weighted by atomic mass is 19.4. The fourth-order valence-corrected chi connectivity index (χ4v) is 3.23. The first-order valence-electron chi connectivity index (χ1n) is 9.98. The van der Waals surface area contributed by atoms with Crippen molar-refractivity contribution in [3.63, 3.8) is 0 Å². The Balaban J connectivity index is 2.80. The van der Waals surface area contributed by atoms with Crippen LogP contribution < -0.4 is 10.6 Å². The molecule has 0 amide bonds. The van der Waals surface area contributed by atoms with Gasteiger partial charge in [0, 0.05) is 64.1 Å². The molecule has 7 nitrogen and oxygen atoms in total. The number of hydrogen-bond acceptors (Lipinski definition) is 4. The van der Waals surface area contributed by atoms with E-state index in [2.05, 4.69) is 53.2 Å². The molecule has 1 heterocycles. The minimum Gasteiger partial charge on any atom is -0.374 e. The van der Waals surface area contributed by atoms with Crippen LogP contribution in [0.1, 0.15) is 46.9 Å². The Morgan fingerprint density at radius 3 is 2.31 bits per heavy atom. The van der Waals surface area contributed by atoms with Crippen molar-refractivity contribution in [2.45, 2.75) is 64.9 Å². The van der Waals surface area contributed by atoms with E-state index in [4.69, 9.17) is 0 Å². The van der Waals surface area contributed by atoms with Gasteiger partial charge in [0.2, 0.25) is 5.60 Å². The second kappa shape index (κ2) is 10.8. The zero-order valence-corrected chi connectivity index (χ0v) is 18.2. The molecule has 1 rings (SSSR count). The van der Waals surface area contributed by atoms with E-state index in [1.165, 1.54) is 24.0 Å². The summed E-state index contributed by atoms with van der Waals surface area (Å²) in [5, 5.41) is 16.5. The number of aryl methyl sites for hydroxylation is 1. The van der Waals surface area contributed by atoms with E-state index >= 15 is 0 Å². The third-order valence-corrected chi connectivity index (χ3v) is 4.74. The number of nitrogens with one attached hydrogen (secondary N) is 2. The molecule has 3 N–H and O–H groups in total. The van der Waals surface area contributed by atoms with Gasteiger partial charge in [-0.05, 0) is 34.6 Å². The first-order chi connectivity index (χ1) is 13.4. The van der Waals surface area contributed by atoms with Gasteiger partial charge in [-0.2, -0.15) is 13.2 Å². The fourth-order valence-electron chi connectivity index (χ4n) is 3.23. The lowest BCUT2D eigenvalue weighted by molar-refractivity contribution is -0.272. The number of rotatable bonds is 10. The Labute approximate surface area is 171 Å². The van der Waals surface area contributed by atoms with Gasteiger partial charge in [-0.3, -0.25) is 9.89 Å². The molecule has 0 fully saturated rings. The predicted molar refractivity (Wildman–Crippen MR) is 109 cm³/mol.